The van der Waals surface area contributed by atoms with Gasteiger partial charge in [0.1, 0.15) is 0 Å². The average molecular weight is 353 g/mol. The van der Waals surface area contributed by atoms with Crippen LogP contribution in [0.5, 0.6) is 0 Å². The highest BCUT2D eigenvalue weighted by Gasteiger charge is 2.30. The normalized spacial score (nSPS) is 26.6. The molecule has 0 bridgehead atoms. The van der Waals surface area contributed by atoms with E-state index in [0.717, 1.165) is 31.3 Å². The zero-order chi connectivity index (χ0) is 18.9. The number of ether oxygens (including phenoxy) is 1. The molecular weight excluding hydrogens is 316 g/mol. The lowest BCUT2D eigenvalue weighted by Gasteiger charge is -2.31. The summed E-state index contributed by atoms with van der Waals surface area (Å²) >= 11 is 0. The van der Waals surface area contributed by atoms with Crippen LogP contribution in [-0.4, -0.2) is 46.3 Å². The van der Waals surface area contributed by atoms with Gasteiger partial charge < -0.3 is 20.1 Å². The molecule has 0 amide bonds. The molecule has 1 saturated heterocycles. The summed E-state index contributed by atoms with van der Waals surface area (Å²) < 4.78 is 5.83. The fourth-order valence-electron chi connectivity index (χ4n) is 3.21. The molecule has 0 spiro atoms. The molecule has 1 fully saturated rings. The predicted molar refractivity (Wildman–Crippen MR) is 102 cm³/mol. The molecule has 4 atom stereocenters. The van der Waals surface area contributed by atoms with E-state index < -0.39 is 11.7 Å². The smallest absolute Gasteiger partial charge is 0.0884 e. The van der Waals surface area contributed by atoms with Crippen molar-refractivity contribution in [3.05, 3.63) is 36.0 Å². The van der Waals surface area contributed by atoms with Gasteiger partial charge in [-0.2, -0.15) is 0 Å². The number of rotatable bonds is 9. The number of aliphatic hydroxyl groups excluding tert-OH is 2. The van der Waals surface area contributed by atoms with Crippen LogP contribution in [0.4, 0.5) is 0 Å². The highest BCUT2D eigenvalue weighted by molar-refractivity contribution is 5.07. The monoisotopic (exact) mass is 352 g/mol. The molecule has 4 heteroatoms. The van der Waals surface area contributed by atoms with Crippen molar-refractivity contribution in [3.63, 3.8) is 0 Å². The Morgan fingerprint density at radius 1 is 1.44 bits per heavy atom. The van der Waals surface area contributed by atoms with E-state index in [1.54, 1.807) is 12.2 Å². The van der Waals surface area contributed by atoms with Crippen molar-refractivity contribution in [2.75, 3.05) is 13.2 Å². The van der Waals surface area contributed by atoms with Gasteiger partial charge in [0, 0.05) is 0 Å². The van der Waals surface area contributed by atoms with Gasteiger partial charge in [0.25, 0.3) is 0 Å². The third-order valence-electron chi connectivity index (χ3n) is 5.22. The van der Waals surface area contributed by atoms with Gasteiger partial charge in [-0.05, 0) is 57.4 Å². The Hall–Kier alpha value is -0.940. The van der Waals surface area contributed by atoms with Crippen LogP contribution in [-0.2, 0) is 4.74 Å². The Morgan fingerprint density at radius 3 is 2.76 bits per heavy atom. The molecular formula is C21H36O4. The zero-order valence-corrected chi connectivity index (χ0v) is 16.1. The molecule has 144 valence electrons. The Balaban J connectivity index is 2.50. The lowest BCUT2D eigenvalue weighted by Crippen LogP contribution is -2.34. The molecule has 0 aliphatic carbocycles. The minimum atomic E-state index is -0.892. The summed E-state index contributed by atoms with van der Waals surface area (Å²) in [6, 6.07) is 0. The largest absolute Gasteiger partial charge is 0.392 e. The van der Waals surface area contributed by atoms with E-state index in [-0.39, 0.29) is 18.6 Å². The van der Waals surface area contributed by atoms with E-state index in [9.17, 15) is 10.2 Å². The van der Waals surface area contributed by atoms with Gasteiger partial charge >= 0.3 is 0 Å². The van der Waals surface area contributed by atoms with Crippen molar-refractivity contribution in [2.45, 2.75) is 77.1 Å². The van der Waals surface area contributed by atoms with Crippen molar-refractivity contribution >= 4 is 0 Å². The van der Waals surface area contributed by atoms with Crippen LogP contribution in [0.1, 0.15) is 59.3 Å². The first kappa shape index (κ1) is 22.1. The summed E-state index contributed by atoms with van der Waals surface area (Å²) in [4.78, 5) is 0. The van der Waals surface area contributed by atoms with Crippen LogP contribution in [0.15, 0.2) is 36.0 Å². The Morgan fingerprint density at radius 2 is 2.16 bits per heavy atom. The lowest BCUT2D eigenvalue weighted by molar-refractivity contribution is -0.0289. The fraction of sp³-hybridized carbons (Fsp3) is 0.714. The molecule has 0 radical (unpaired) electrons. The maximum absolute atomic E-state index is 10.8. The van der Waals surface area contributed by atoms with Gasteiger partial charge in [-0.25, -0.2) is 0 Å². The molecule has 4 nitrogen and oxygen atoms in total. The summed E-state index contributed by atoms with van der Waals surface area (Å²) in [6.45, 7) is 10.4. The van der Waals surface area contributed by atoms with E-state index in [0.29, 0.717) is 19.4 Å². The van der Waals surface area contributed by atoms with Crippen LogP contribution < -0.4 is 0 Å². The van der Waals surface area contributed by atoms with Gasteiger partial charge in [-0.1, -0.05) is 37.1 Å². The maximum Gasteiger partial charge on any atom is 0.0884 e. The van der Waals surface area contributed by atoms with E-state index in [1.165, 1.54) is 5.57 Å². The topological polar surface area (TPSA) is 69.9 Å². The first-order valence-electron chi connectivity index (χ1n) is 9.40. The van der Waals surface area contributed by atoms with Crippen LogP contribution in [0.25, 0.3) is 0 Å². The van der Waals surface area contributed by atoms with Gasteiger partial charge in [-0.15, -0.1) is 6.58 Å². The number of allylic oxidation sites excluding steroid dienone is 1. The van der Waals surface area contributed by atoms with Crippen molar-refractivity contribution in [1.29, 1.82) is 0 Å². The van der Waals surface area contributed by atoms with E-state index >= 15 is 0 Å². The Kier molecular flexibility index (Phi) is 9.65. The van der Waals surface area contributed by atoms with Crippen molar-refractivity contribution in [1.82, 2.24) is 0 Å². The van der Waals surface area contributed by atoms with Crippen LogP contribution in [0.3, 0.4) is 0 Å². The van der Waals surface area contributed by atoms with E-state index in [1.807, 2.05) is 26.8 Å². The van der Waals surface area contributed by atoms with Crippen LogP contribution >= 0.6 is 0 Å². The Labute approximate surface area is 152 Å². The number of hydrogen-bond acceptors (Lipinski definition) is 4. The molecule has 0 aromatic heterocycles. The second kappa shape index (κ2) is 10.9. The van der Waals surface area contributed by atoms with Crippen molar-refractivity contribution in [2.24, 2.45) is 5.92 Å². The SMILES string of the molecule is C=CC(O)(CC=C(C)C)C(C)CCC[C@@H]1OC/C(=C/CO)CC[C@H]1O. The fourth-order valence-corrected chi connectivity index (χ4v) is 3.21. The highest BCUT2D eigenvalue weighted by Crippen LogP contribution is 2.29. The predicted octanol–water partition coefficient (Wildman–Crippen LogP) is 3.52. The van der Waals surface area contributed by atoms with Crippen LogP contribution in [0, 0.1) is 5.92 Å². The number of aliphatic hydroxyl groups is 3. The quantitative estimate of drug-likeness (QED) is 0.555. The minimum Gasteiger partial charge on any atom is -0.392 e. The second-order valence-corrected chi connectivity index (χ2v) is 7.51. The second-order valence-electron chi connectivity index (χ2n) is 7.51. The summed E-state index contributed by atoms with van der Waals surface area (Å²) in [6.07, 6.45) is 9.35. The molecule has 1 aliphatic rings. The molecule has 25 heavy (non-hydrogen) atoms. The van der Waals surface area contributed by atoms with Gasteiger partial charge in [0.05, 0.1) is 31.0 Å². The molecule has 0 aromatic carbocycles. The van der Waals surface area contributed by atoms with E-state index in [2.05, 4.69) is 6.58 Å². The third-order valence-corrected chi connectivity index (χ3v) is 5.22. The summed E-state index contributed by atoms with van der Waals surface area (Å²) in [5, 5.41) is 30.0. The summed E-state index contributed by atoms with van der Waals surface area (Å²) in [7, 11) is 0. The summed E-state index contributed by atoms with van der Waals surface area (Å²) in [5.74, 6) is 0.0911. The van der Waals surface area contributed by atoms with Crippen molar-refractivity contribution < 1.29 is 20.1 Å². The number of hydrogen-bond donors (Lipinski definition) is 3. The standard InChI is InChI=1S/C21H36O4/c1-5-21(24,13-11-16(2)3)17(4)7-6-8-20-19(23)10-9-18(12-14-22)15-25-20/h5,11-12,17,19-20,22-24H,1,6-10,13-15H2,2-4H3/b18-12+/t17?,19-,20+,21?/m1/s1. The molecule has 0 saturated carbocycles. The zero-order valence-electron chi connectivity index (χ0n) is 16.1. The first-order valence-corrected chi connectivity index (χ1v) is 9.40. The van der Waals surface area contributed by atoms with Gasteiger partial charge in [0.15, 0.2) is 0 Å². The molecule has 1 heterocycles. The first-order chi connectivity index (χ1) is 11.8. The molecule has 1 aliphatic heterocycles. The highest BCUT2D eigenvalue weighted by atomic mass is 16.5. The van der Waals surface area contributed by atoms with Crippen molar-refractivity contribution in [3.8, 4) is 0 Å². The molecule has 2 unspecified atom stereocenters. The van der Waals surface area contributed by atoms with E-state index in [4.69, 9.17) is 9.84 Å². The average Bonchev–Trinajstić information content (AvgIpc) is 2.75. The minimum absolute atomic E-state index is 0.0167. The third kappa shape index (κ3) is 7.45. The molecule has 1 rings (SSSR count). The lowest BCUT2D eigenvalue weighted by atomic mass is 9.82. The maximum atomic E-state index is 10.8. The molecule has 0 aromatic rings. The molecule has 3 N–H and O–H groups in total. The summed E-state index contributed by atoms with van der Waals surface area (Å²) in [5.41, 5.74) is 1.35. The van der Waals surface area contributed by atoms with Gasteiger partial charge in [-0.3, -0.25) is 0 Å². The Bertz CT molecular complexity index is 465. The van der Waals surface area contributed by atoms with Gasteiger partial charge in [0.2, 0.25) is 0 Å². The van der Waals surface area contributed by atoms with Crippen LogP contribution in [0.2, 0.25) is 0 Å².